The van der Waals surface area contributed by atoms with Crippen molar-refractivity contribution in [1.29, 1.82) is 5.26 Å². The number of nitriles is 1. The van der Waals surface area contributed by atoms with E-state index in [2.05, 4.69) is 35.1 Å². The van der Waals surface area contributed by atoms with E-state index < -0.39 is 17.9 Å². The summed E-state index contributed by atoms with van der Waals surface area (Å²) in [5.74, 6) is -0.508. The fourth-order valence-electron chi connectivity index (χ4n) is 4.27. The van der Waals surface area contributed by atoms with Crippen molar-refractivity contribution in [2.24, 2.45) is 10.9 Å². The monoisotopic (exact) mass is 482 g/mol. The number of aromatic nitrogens is 4. The molecule has 0 bridgehead atoms. The molecule has 4 aromatic rings. The molecule has 8 nitrogen and oxygen atoms in total. The predicted molar refractivity (Wildman–Crippen MR) is 133 cm³/mol. The van der Waals surface area contributed by atoms with E-state index in [9.17, 15) is 15.2 Å². The van der Waals surface area contributed by atoms with Gasteiger partial charge in [0, 0.05) is 27.8 Å². The number of hydrogen-bond donors (Lipinski definition) is 1. The van der Waals surface area contributed by atoms with Crippen LogP contribution in [0, 0.1) is 38.0 Å². The number of carboxylic acid groups (broad SMARTS) is 1. The fraction of sp³-hybridized carbons (Fsp3) is 0.231. The van der Waals surface area contributed by atoms with Gasteiger partial charge >= 0.3 is 5.97 Å². The molecule has 1 aliphatic heterocycles. The molecule has 1 N–H and O–H groups in total. The van der Waals surface area contributed by atoms with Gasteiger partial charge in [-0.3, -0.25) is 19.3 Å². The molecule has 1 aliphatic rings. The van der Waals surface area contributed by atoms with E-state index in [1.807, 2.05) is 35.8 Å². The zero-order valence-corrected chi connectivity index (χ0v) is 20.5. The number of aliphatic carboxylic acids is 1. The average Bonchev–Trinajstić information content (AvgIpc) is 3.33. The van der Waals surface area contributed by atoms with Crippen LogP contribution in [-0.4, -0.2) is 36.5 Å². The third-order valence-electron chi connectivity index (χ3n) is 6.40. The van der Waals surface area contributed by atoms with Crippen LogP contribution in [0.2, 0.25) is 0 Å². The minimum Gasteiger partial charge on any atom is -0.481 e. The number of rotatable bonds is 4. The smallest absolute Gasteiger partial charge is 0.308 e. The van der Waals surface area contributed by atoms with Crippen LogP contribution in [0.15, 0.2) is 47.6 Å². The Hall–Kier alpha value is -4.16. The lowest BCUT2D eigenvalue weighted by molar-refractivity contribution is -0.141. The van der Waals surface area contributed by atoms with Crippen LogP contribution in [0.25, 0.3) is 16.3 Å². The molecule has 2 atom stereocenters. The Morgan fingerprint density at radius 3 is 2.54 bits per heavy atom. The quantitative estimate of drug-likeness (QED) is 0.446. The number of aliphatic imine (C=N–C) groups is 1. The van der Waals surface area contributed by atoms with Gasteiger partial charge in [-0.15, -0.1) is 21.5 Å². The second-order valence-corrected chi connectivity index (χ2v) is 9.78. The Balaban J connectivity index is 1.70. The van der Waals surface area contributed by atoms with Gasteiger partial charge in [-0.05, 0) is 45.4 Å². The maximum Gasteiger partial charge on any atom is 0.308 e. The van der Waals surface area contributed by atoms with E-state index in [4.69, 9.17) is 4.99 Å². The largest absolute Gasteiger partial charge is 0.481 e. The number of thiophene rings is 1. The van der Waals surface area contributed by atoms with Crippen LogP contribution in [0.5, 0.6) is 0 Å². The Morgan fingerprint density at radius 2 is 1.86 bits per heavy atom. The van der Waals surface area contributed by atoms with Gasteiger partial charge in [0.25, 0.3) is 0 Å². The second kappa shape index (κ2) is 8.56. The van der Waals surface area contributed by atoms with Crippen LogP contribution in [0.4, 0.5) is 0 Å². The second-order valence-electron chi connectivity index (χ2n) is 8.57. The summed E-state index contributed by atoms with van der Waals surface area (Å²) in [7, 11) is 0. The fourth-order valence-corrected chi connectivity index (χ4v) is 5.49. The summed E-state index contributed by atoms with van der Waals surface area (Å²) in [6.07, 6.45) is 1.62. The molecule has 5 rings (SSSR count). The topological polar surface area (TPSA) is 117 Å². The lowest BCUT2D eigenvalue weighted by Crippen LogP contribution is -2.21. The Morgan fingerprint density at radius 1 is 1.14 bits per heavy atom. The van der Waals surface area contributed by atoms with E-state index in [-0.39, 0.29) is 0 Å². The SMILES string of the molecule is Cc1sc2c(c1C)C(c1ccc(-c3cc(C#N)ccn3)cc1)=NC([C@H](C)C(=O)O)c1nnc(C)n1-2. The van der Waals surface area contributed by atoms with Crippen LogP contribution in [0.1, 0.15) is 51.7 Å². The lowest BCUT2D eigenvalue weighted by atomic mass is 9.97. The highest BCUT2D eigenvalue weighted by Crippen LogP contribution is 2.40. The summed E-state index contributed by atoms with van der Waals surface area (Å²) in [5.41, 5.74) is 5.79. The molecule has 9 heteroatoms. The zero-order valence-electron chi connectivity index (χ0n) is 19.6. The third-order valence-corrected chi connectivity index (χ3v) is 7.59. The minimum absolute atomic E-state index is 0.532. The van der Waals surface area contributed by atoms with Gasteiger partial charge in [-0.2, -0.15) is 5.26 Å². The van der Waals surface area contributed by atoms with Crippen molar-refractivity contribution in [3.05, 3.63) is 81.4 Å². The van der Waals surface area contributed by atoms with Gasteiger partial charge in [0.05, 0.1) is 29.0 Å². The number of carbonyl (C=O) groups is 1. The number of fused-ring (bicyclic) bond motifs is 3. The van der Waals surface area contributed by atoms with Crippen molar-refractivity contribution in [3.63, 3.8) is 0 Å². The van der Waals surface area contributed by atoms with Gasteiger partial charge in [0.1, 0.15) is 16.9 Å². The zero-order chi connectivity index (χ0) is 24.9. The molecule has 0 fully saturated rings. The summed E-state index contributed by atoms with van der Waals surface area (Å²) in [5, 5.41) is 28.6. The summed E-state index contributed by atoms with van der Waals surface area (Å²) in [6, 6.07) is 12.7. The molecule has 3 aromatic heterocycles. The normalized spacial score (nSPS) is 15.4. The molecule has 0 radical (unpaired) electrons. The van der Waals surface area contributed by atoms with Gasteiger partial charge in [0.2, 0.25) is 0 Å². The molecule has 0 aliphatic carbocycles. The summed E-state index contributed by atoms with van der Waals surface area (Å²) < 4.78 is 1.95. The predicted octanol–water partition coefficient (Wildman–Crippen LogP) is 4.80. The highest BCUT2D eigenvalue weighted by molar-refractivity contribution is 7.15. The van der Waals surface area contributed by atoms with E-state index in [1.54, 1.807) is 36.6 Å². The Kier molecular flexibility index (Phi) is 5.53. The Labute approximate surface area is 206 Å². The highest BCUT2D eigenvalue weighted by Gasteiger charge is 2.36. The standard InChI is InChI=1S/C26H22N6O2S/c1-13-15(3)35-25-21(13)23(29-22(14(2)26(33)34)24-31-30-16(4)32(24)25)19-7-5-18(6-8-19)20-11-17(12-27)9-10-28-20/h5-11,14,22H,1-4H3,(H,33,34)/t14-,22?/m0/s1. The van der Waals surface area contributed by atoms with Crippen LogP contribution < -0.4 is 0 Å². The first kappa shape index (κ1) is 22.6. The van der Waals surface area contributed by atoms with Crippen molar-refractivity contribution in [3.8, 4) is 22.3 Å². The van der Waals surface area contributed by atoms with Crippen molar-refractivity contribution in [2.45, 2.75) is 33.7 Å². The molecule has 35 heavy (non-hydrogen) atoms. The van der Waals surface area contributed by atoms with Gasteiger partial charge in [0.15, 0.2) is 5.82 Å². The van der Waals surface area contributed by atoms with E-state index in [0.29, 0.717) is 22.9 Å². The lowest BCUT2D eigenvalue weighted by Gasteiger charge is -2.16. The molecule has 4 heterocycles. The molecule has 1 unspecified atom stereocenters. The van der Waals surface area contributed by atoms with Gasteiger partial charge in [-0.1, -0.05) is 24.3 Å². The van der Waals surface area contributed by atoms with Crippen molar-refractivity contribution in [1.82, 2.24) is 19.7 Å². The molecule has 0 spiro atoms. The highest BCUT2D eigenvalue weighted by atomic mass is 32.1. The van der Waals surface area contributed by atoms with Crippen LogP contribution in [0.3, 0.4) is 0 Å². The van der Waals surface area contributed by atoms with Crippen molar-refractivity contribution >= 4 is 23.0 Å². The molecule has 0 saturated heterocycles. The number of benzene rings is 1. The number of carboxylic acids is 1. The minimum atomic E-state index is -0.942. The maximum absolute atomic E-state index is 12.0. The molecule has 1 aromatic carbocycles. The summed E-state index contributed by atoms with van der Waals surface area (Å²) in [4.78, 5) is 22.6. The van der Waals surface area contributed by atoms with E-state index >= 15 is 0 Å². The molecule has 174 valence electrons. The number of pyridine rings is 1. The Bertz CT molecular complexity index is 1540. The summed E-state index contributed by atoms with van der Waals surface area (Å²) in [6.45, 7) is 7.65. The van der Waals surface area contributed by atoms with Gasteiger partial charge < -0.3 is 5.11 Å². The molecule has 0 amide bonds. The number of nitrogens with zero attached hydrogens (tertiary/aromatic N) is 6. The number of hydrogen-bond acceptors (Lipinski definition) is 7. The van der Waals surface area contributed by atoms with Crippen LogP contribution >= 0.6 is 11.3 Å². The number of aryl methyl sites for hydroxylation is 2. The first-order chi connectivity index (χ1) is 16.8. The third kappa shape index (κ3) is 3.72. The van der Waals surface area contributed by atoms with Crippen LogP contribution in [-0.2, 0) is 4.79 Å². The first-order valence-electron chi connectivity index (χ1n) is 11.1. The first-order valence-corrected chi connectivity index (χ1v) is 11.9. The molecular weight excluding hydrogens is 460 g/mol. The summed E-state index contributed by atoms with van der Waals surface area (Å²) >= 11 is 1.63. The molecule has 0 saturated carbocycles. The van der Waals surface area contributed by atoms with Gasteiger partial charge in [-0.25, -0.2) is 0 Å². The van der Waals surface area contributed by atoms with Crippen molar-refractivity contribution in [2.75, 3.05) is 0 Å². The average molecular weight is 483 g/mol. The van der Waals surface area contributed by atoms with E-state index in [0.717, 1.165) is 37.8 Å². The molecular formula is C26H22N6O2S. The van der Waals surface area contributed by atoms with E-state index in [1.165, 1.54) is 0 Å². The maximum atomic E-state index is 12.0. The van der Waals surface area contributed by atoms with Crippen molar-refractivity contribution < 1.29 is 9.90 Å².